The van der Waals surface area contributed by atoms with Crippen LogP contribution in [0, 0.1) is 6.92 Å². The second-order valence-corrected chi connectivity index (χ2v) is 7.99. The minimum atomic E-state index is -3.55. The molecule has 0 aliphatic rings. The van der Waals surface area contributed by atoms with Crippen LogP contribution in [-0.2, 0) is 10.0 Å². The van der Waals surface area contributed by atoms with Gasteiger partial charge >= 0.3 is 0 Å². The fourth-order valence-corrected chi connectivity index (χ4v) is 4.35. The number of halogens is 1. The van der Waals surface area contributed by atoms with E-state index in [9.17, 15) is 8.42 Å². The molecule has 1 aromatic heterocycles. The molecule has 0 aliphatic carbocycles. The van der Waals surface area contributed by atoms with Crippen LogP contribution in [0.4, 0.5) is 5.69 Å². The van der Waals surface area contributed by atoms with Crippen LogP contribution in [-0.4, -0.2) is 21.6 Å². The summed E-state index contributed by atoms with van der Waals surface area (Å²) in [7, 11) is -3.55. The number of anilines is 1. The standard InChI is InChI=1S/C13H15ClN2O3S2/c1-9-7-12(20-13(9)14)21(17,18)16-5-6-19-11-4-2-3-10(15)8-11/h2-4,7-8,16H,5-6,15H2,1H3. The molecular formula is C13H15ClN2O3S2. The van der Waals surface area contributed by atoms with Gasteiger partial charge in [0.05, 0.1) is 4.34 Å². The van der Waals surface area contributed by atoms with Crippen molar-refractivity contribution in [2.45, 2.75) is 11.1 Å². The van der Waals surface area contributed by atoms with Gasteiger partial charge < -0.3 is 10.5 Å². The van der Waals surface area contributed by atoms with Crippen LogP contribution in [0.5, 0.6) is 5.75 Å². The molecule has 0 saturated carbocycles. The third-order valence-corrected chi connectivity index (χ3v) is 6.11. The number of rotatable bonds is 6. The Morgan fingerprint density at radius 3 is 2.76 bits per heavy atom. The number of aryl methyl sites for hydroxylation is 1. The van der Waals surface area contributed by atoms with Crippen LogP contribution >= 0.6 is 22.9 Å². The maximum Gasteiger partial charge on any atom is 0.250 e. The zero-order valence-corrected chi connectivity index (χ0v) is 13.7. The lowest BCUT2D eigenvalue weighted by Gasteiger charge is -2.08. The normalized spacial score (nSPS) is 11.5. The molecule has 1 aromatic carbocycles. The van der Waals surface area contributed by atoms with E-state index in [0.29, 0.717) is 15.8 Å². The lowest BCUT2D eigenvalue weighted by molar-refractivity contribution is 0.323. The number of nitrogens with two attached hydrogens (primary N) is 1. The number of thiophene rings is 1. The van der Waals surface area contributed by atoms with Crippen LogP contribution in [0.3, 0.4) is 0 Å². The predicted octanol–water partition coefficient (Wildman–Crippen LogP) is 2.65. The Morgan fingerprint density at radius 2 is 2.14 bits per heavy atom. The minimum absolute atomic E-state index is 0.158. The summed E-state index contributed by atoms with van der Waals surface area (Å²) in [4.78, 5) is 0. The van der Waals surface area contributed by atoms with Crippen molar-refractivity contribution in [1.29, 1.82) is 0 Å². The van der Waals surface area contributed by atoms with Crippen LogP contribution in [0.15, 0.2) is 34.5 Å². The lowest BCUT2D eigenvalue weighted by atomic mass is 10.3. The van der Waals surface area contributed by atoms with Crippen molar-refractivity contribution >= 4 is 38.6 Å². The first kappa shape index (κ1) is 16.1. The number of hydrogen-bond acceptors (Lipinski definition) is 5. The topological polar surface area (TPSA) is 81.4 Å². The number of sulfonamides is 1. The average molecular weight is 347 g/mol. The van der Waals surface area contributed by atoms with Crippen molar-refractivity contribution in [3.8, 4) is 5.75 Å². The van der Waals surface area contributed by atoms with Gasteiger partial charge in [0.1, 0.15) is 16.6 Å². The van der Waals surface area contributed by atoms with E-state index in [-0.39, 0.29) is 17.4 Å². The van der Waals surface area contributed by atoms with Crippen LogP contribution in [0.2, 0.25) is 4.34 Å². The summed E-state index contributed by atoms with van der Waals surface area (Å²) in [5.74, 6) is 0.601. The largest absolute Gasteiger partial charge is 0.492 e. The van der Waals surface area contributed by atoms with E-state index >= 15 is 0 Å². The van der Waals surface area contributed by atoms with Gasteiger partial charge in [0, 0.05) is 18.3 Å². The summed E-state index contributed by atoms with van der Waals surface area (Å²) in [5.41, 5.74) is 6.96. The van der Waals surface area contributed by atoms with Crippen LogP contribution < -0.4 is 15.2 Å². The van der Waals surface area contributed by atoms with Crippen LogP contribution in [0.1, 0.15) is 5.56 Å². The summed E-state index contributed by atoms with van der Waals surface area (Å²) >= 11 is 6.92. The van der Waals surface area contributed by atoms with Crippen molar-refractivity contribution < 1.29 is 13.2 Å². The van der Waals surface area contributed by atoms with E-state index in [4.69, 9.17) is 22.1 Å². The van der Waals surface area contributed by atoms with Gasteiger partial charge in [0.15, 0.2) is 0 Å². The quantitative estimate of drug-likeness (QED) is 0.622. The predicted molar refractivity (Wildman–Crippen MR) is 85.6 cm³/mol. The van der Waals surface area contributed by atoms with E-state index in [1.54, 1.807) is 37.3 Å². The van der Waals surface area contributed by atoms with Gasteiger partial charge in [-0.05, 0) is 30.7 Å². The van der Waals surface area contributed by atoms with Gasteiger partial charge in [0.25, 0.3) is 0 Å². The first-order valence-electron chi connectivity index (χ1n) is 6.12. The fourth-order valence-electron chi connectivity index (χ4n) is 1.58. The van der Waals surface area contributed by atoms with Crippen molar-refractivity contribution in [2.24, 2.45) is 0 Å². The molecule has 5 nitrogen and oxygen atoms in total. The van der Waals surface area contributed by atoms with Crippen molar-refractivity contribution in [3.63, 3.8) is 0 Å². The molecule has 0 saturated heterocycles. The molecular weight excluding hydrogens is 332 g/mol. The average Bonchev–Trinajstić information content (AvgIpc) is 2.76. The maximum absolute atomic E-state index is 12.0. The van der Waals surface area contributed by atoms with E-state index in [1.165, 1.54) is 0 Å². The number of benzene rings is 1. The highest BCUT2D eigenvalue weighted by Crippen LogP contribution is 2.29. The fraction of sp³-hybridized carbons (Fsp3) is 0.231. The Kier molecular flexibility index (Phi) is 5.10. The minimum Gasteiger partial charge on any atom is -0.492 e. The Balaban J connectivity index is 1.88. The van der Waals surface area contributed by atoms with Crippen LogP contribution in [0.25, 0.3) is 0 Å². The van der Waals surface area contributed by atoms with Crippen molar-refractivity contribution in [2.75, 3.05) is 18.9 Å². The van der Waals surface area contributed by atoms with Gasteiger partial charge in [-0.15, -0.1) is 11.3 Å². The zero-order valence-electron chi connectivity index (χ0n) is 11.3. The third-order valence-electron chi connectivity index (χ3n) is 2.62. The molecule has 8 heteroatoms. The number of hydrogen-bond donors (Lipinski definition) is 2. The molecule has 0 aliphatic heterocycles. The molecule has 114 valence electrons. The summed E-state index contributed by atoms with van der Waals surface area (Å²) in [6, 6.07) is 8.50. The first-order valence-corrected chi connectivity index (χ1v) is 8.80. The second kappa shape index (κ2) is 6.65. The molecule has 0 fully saturated rings. The van der Waals surface area contributed by atoms with E-state index in [2.05, 4.69) is 4.72 Å². The summed E-state index contributed by atoms with van der Waals surface area (Å²) < 4.78 is 32.6. The highest BCUT2D eigenvalue weighted by molar-refractivity contribution is 7.91. The van der Waals surface area contributed by atoms with Gasteiger partial charge in [0.2, 0.25) is 10.0 Å². The van der Waals surface area contributed by atoms with Gasteiger partial charge in [-0.3, -0.25) is 0 Å². The van der Waals surface area contributed by atoms with E-state index in [0.717, 1.165) is 16.9 Å². The number of nitrogen functional groups attached to an aromatic ring is 1. The first-order chi connectivity index (χ1) is 9.88. The molecule has 0 amide bonds. The Bertz CT molecular complexity index is 709. The second-order valence-electron chi connectivity index (χ2n) is 4.34. The summed E-state index contributed by atoms with van der Waals surface area (Å²) in [5, 5.41) is 0. The van der Waals surface area contributed by atoms with E-state index < -0.39 is 10.0 Å². The maximum atomic E-state index is 12.0. The highest BCUT2D eigenvalue weighted by atomic mass is 35.5. The summed E-state index contributed by atoms with van der Waals surface area (Å²) in [6.45, 7) is 2.13. The van der Waals surface area contributed by atoms with Gasteiger partial charge in [-0.1, -0.05) is 17.7 Å². The molecule has 3 N–H and O–H groups in total. The van der Waals surface area contributed by atoms with E-state index in [1.807, 2.05) is 0 Å². The molecule has 0 radical (unpaired) electrons. The molecule has 1 heterocycles. The van der Waals surface area contributed by atoms with Crippen molar-refractivity contribution in [3.05, 3.63) is 40.2 Å². The Labute approximate surface area is 132 Å². The SMILES string of the molecule is Cc1cc(S(=O)(=O)NCCOc2cccc(N)c2)sc1Cl. The third kappa shape index (κ3) is 4.34. The molecule has 2 aromatic rings. The molecule has 0 bridgehead atoms. The smallest absolute Gasteiger partial charge is 0.250 e. The zero-order chi connectivity index (χ0) is 15.5. The highest BCUT2D eigenvalue weighted by Gasteiger charge is 2.17. The number of ether oxygens (including phenoxy) is 1. The monoisotopic (exact) mass is 346 g/mol. The molecule has 0 atom stereocenters. The molecule has 0 spiro atoms. The van der Waals surface area contributed by atoms with Gasteiger partial charge in [-0.2, -0.15) is 0 Å². The molecule has 21 heavy (non-hydrogen) atoms. The number of nitrogens with one attached hydrogen (secondary N) is 1. The molecule has 0 unspecified atom stereocenters. The summed E-state index contributed by atoms with van der Waals surface area (Å²) in [6.07, 6.45) is 0. The lowest BCUT2D eigenvalue weighted by Crippen LogP contribution is -2.27. The van der Waals surface area contributed by atoms with Gasteiger partial charge in [-0.25, -0.2) is 13.1 Å². The molecule has 2 rings (SSSR count). The Hall–Kier alpha value is -1.28. The van der Waals surface area contributed by atoms with Crippen molar-refractivity contribution in [1.82, 2.24) is 4.72 Å². The Morgan fingerprint density at radius 1 is 1.38 bits per heavy atom.